The van der Waals surface area contributed by atoms with Crippen molar-refractivity contribution < 1.29 is 0 Å². The van der Waals surface area contributed by atoms with Gasteiger partial charge in [0.05, 0.1) is 5.70 Å². The van der Waals surface area contributed by atoms with Crippen LogP contribution in [0.15, 0.2) is 78.5 Å². The van der Waals surface area contributed by atoms with E-state index in [0.717, 1.165) is 11.3 Å². The summed E-state index contributed by atoms with van der Waals surface area (Å²) in [5.74, 6) is 0. The molecule has 0 aromatic rings. The molecule has 0 saturated carbocycles. The summed E-state index contributed by atoms with van der Waals surface area (Å²) in [7, 11) is 0. The molecule has 78 valence electrons. The summed E-state index contributed by atoms with van der Waals surface area (Å²) in [5.41, 5.74) is 1.84. The van der Waals surface area contributed by atoms with Crippen molar-refractivity contribution >= 4 is 6.21 Å². The Morgan fingerprint density at radius 3 is 2.27 bits per heavy atom. The minimum atomic E-state index is 0.874. The van der Waals surface area contributed by atoms with Crippen molar-refractivity contribution in [1.29, 1.82) is 0 Å². The molecule has 0 aliphatic rings. The summed E-state index contributed by atoms with van der Waals surface area (Å²) in [4.78, 5) is 4.23. The van der Waals surface area contributed by atoms with Gasteiger partial charge in [-0.3, -0.25) is 4.99 Å². The largest absolute Gasteiger partial charge is 0.257 e. The van der Waals surface area contributed by atoms with Gasteiger partial charge < -0.3 is 0 Å². The summed E-state index contributed by atoms with van der Waals surface area (Å²) in [6.07, 6.45) is 14.4. The van der Waals surface area contributed by atoms with Gasteiger partial charge in [0.1, 0.15) is 0 Å². The Bertz CT molecular complexity index is 338. The molecule has 0 heterocycles. The summed E-state index contributed by atoms with van der Waals surface area (Å²) in [5, 5.41) is 0. The molecule has 0 radical (unpaired) electrons. The van der Waals surface area contributed by atoms with E-state index in [4.69, 9.17) is 0 Å². The standard InChI is InChI=1S/C14H17N/c1-5-9-10-11-13(7-3)14(8-4)15-12-6-2/h5-12H,1-3H2,4H3/b10-9-,13-11+,14-8-,15-12-. The van der Waals surface area contributed by atoms with Crippen molar-refractivity contribution in [3.05, 3.63) is 73.5 Å². The van der Waals surface area contributed by atoms with Crippen LogP contribution in [-0.4, -0.2) is 6.21 Å². The maximum atomic E-state index is 4.23. The number of hydrogen-bond acceptors (Lipinski definition) is 1. The third-order valence-corrected chi connectivity index (χ3v) is 1.63. The molecule has 0 rings (SSSR count). The van der Waals surface area contributed by atoms with Crippen molar-refractivity contribution in [3.8, 4) is 0 Å². The van der Waals surface area contributed by atoms with Gasteiger partial charge in [0.2, 0.25) is 0 Å². The van der Waals surface area contributed by atoms with Gasteiger partial charge in [0.15, 0.2) is 0 Å². The molecule has 0 aliphatic heterocycles. The molecule has 0 unspecified atom stereocenters. The van der Waals surface area contributed by atoms with Gasteiger partial charge >= 0.3 is 0 Å². The van der Waals surface area contributed by atoms with E-state index in [1.807, 2.05) is 31.2 Å². The molecular formula is C14H17N. The van der Waals surface area contributed by atoms with Crippen molar-refractivity contribution in [3.63, 3.8) is 0 Å². The quantitative estimate of drug-likeness (QED) is 0.453. The molecule has 0 aromatic carbocycles. The molecule has 0 fully saturated rings. The van der Waals surface area contributed by atoms with E-state index in [0.29, 0.717) is 0 Å². The van der Waals surface area contributed by atoms with Crippen molar-refractivity contribution in [2.75, 3.05) is 0 Å². The van der Waals surface area contributed by atoms with E-state index in [1.165, 1.54) is 0 Å². The monoisotopic (exact) mass is 199 g/mol. The van der Waals surface area contributed by atoms with Crippen molar-refractivity contribution in [1.82, 2.24) is 0 Å². The summed E-state index contributed by atoms with van der Waals surface area (Å²) < 4.78 is 0. The van der Waals surface area contributed by atoms with Gasteiger partial charge in [-0.1, -0.05) is 62.3 Å². The summed E-state index contributed by atoms with van der Waals surface area (Å²) in [6.45, 7) is 12.9. The highest BCUT2D eigenvalue weighted by Crippen LogP contribution is 2.12. The Morgan fingerprint density at radius 2 is 1.80 bits per heavy atom. The summed E-state index contributed by atoms with van der Waals surface area (Å²) in [6, 6.07) is 0. The molecule has 15 heavy (non-hydrogen) atoms. The molecule has 0 spiro atoms. The average molecular weight is 199 g/mol. The number of rotatable bonds is 6. The SMILES string of the molecule is C=C\C=C/C=C(C=C)/C(=C/C)/N=C\C=C. The maximum Gasteiger partial charge on any atom is 0.0659 e. The first-order valence-electron chi connectivity index (χ1n) is 4.73. The third kappa shape index (κ3) is 5.42. The molecule has 1 heteroatoms. The highest BCUT2D eigenvalue weighted by atomic mass is 14.7. The van der Waals surface area contributed by atoms with Crippen molar-refractivity contribution in [2.24, 2.45) is 4.99 Å². The number of hydrogen-bond donors (Lipinski definition) is 0. The second-order valence-electron chi connectivity index (χ2n) is 2.63. The Kier molecular flexibility index (Phi) is 7.60. The zero-order chi connectivity index (χ0) is 11.5. The molecule has 0 atom stereocenters. The van der Waals surface area contributed by atoms with Crippen LogP contribution in [0.3, 0.4) is 0 Å². The Labute approximate surface area is 92.2 Å². The minimum Gasteiger partial charge on any atom is -0.257 e. The molecule has 1 nitrogen and oxygen atoms in total. The van der Waals surface area contributed by atoms with Crippen molar-refractivity contribution in [2.45, 2.75) is 6.92 Å². The highest BCUT2D eigenvalue weighted by molar-refractivity contribution is 5.72. The van der Waals surface area contributed by atoms with Gasteiger partial charge in [-0.05, 0) is 12.5 Å². The smallest absolute Gasteiger partial charge is 0.0659 e. The molecular weight excluding hydrogens is 182 g/mol. The lowest BCUT2D eigenvalue weighted by Crippen LogP contribution is -1.82. The van der Waals surface area contributed by atoms with Crippen LogP contribution in [0.2, 0.25) is 0 Å². The van der Waals surface area contributed by atoms with Crippen LogP contribution in [0.4, 0.5) is 0 Å². The van der Waals surface area contributed by atoms with Gasteiger partial charge in [-0.2, -0.15) is 0 Å². The lowest BCUT2D eigenvalue weighted by molar-refractivity contribution is 1.33. The number of aliphatic imine (C=N–C) groups is 1. The van der Waals surface area contributed by atoms with Crippen LogP contribution in [0.25, 0.3) is 0 Å². The van der Waals surface area contributed by atoms with Crippen LogP contribution in [0.5, 0.6) is 0 Å². The molecule has 0 amide bonds. The van der Waals surface area contributed by atoms with Crippen LogP contribution in [-0.2, 0) is 0 Å². The van der Waals surface area contributed by atoms with Crippen LogP contribution in [0, 0.1) is 0 Å². The number of nitrogens with zero attached hydrogens (tertiary/aromatic N) is 1. The number of allylic oxidation sites excluding steroid dienone is 7. The second-order valence-corrected chi connectivity index (χ2v) is 2.63. The zero-order valence-electron chi connectivity index (χ0n) is 9.19. The van der Waals surface area contributed by atoms with E-state index in [9.17, 15) is 0 Å². The van der Waals surface area contributed by atoms with Gasteiger partial charge in [0, 0.05) is 6.21 Å². The molecule has 0 saturated heterocycles. The van der Waals surface area contributed by atoms with Crippen LogP contribution < -0.4 is 0 Å². The first kappa shape index (κ1) is 13.1. The first-order valence-corrected chi connectivity index (χ1v) is 4.73. The van der Waals surface area contributed by atoms with Crippen LogP contribution >= 0.6 is 0 Å². The predicted molar refractivity (Wildman–Crippen MR) is 70.1 cm³/mol. The maximum absolute atomic E-state index is 4.23. The summed E-state index contributed by atoms with van der Waals surface area (Å²) >= 11 is 0. The van der Waals surface area contributed by atoms with E-state index in [1.54, 1.807) is 24.4 Å². The molecule has 0 N–H and O–H groups in total. The fourth-order valence-electron chi connectivity index (χ4n) is 0.945. The van der Waals surface area contributed by atoms with Crippen LogP contribution in [0.1, 0.15) is 6.92 Å². The predicted octanol–water partition coefficient (Wildman–Crippen LogP) is 4.00. The molecule has 0 aliphatic carbocycles. The topological polar surface area (TPSA) is 12.4 Å². The second kappa shape index (κ2) is 8.70. The lowest BCUT2D eigenvalue weighted by Gasteiger charge is -1.99. The Morgan fingerprint density at radius 1 is 1.07 bits per heavy atom. The lowest BCUT2D eigenvalue weighted by atomic mass is 10.1. The highest BCUT2D eigenvalue weighted by Gasteiger charge is 1.95. The fourth-order valence-corrected chi connectivity index (χ4v) is 0.945. The van der Waals surface area contributed by atoms with E-state index in [2.05, 4.69) is 24.7 Å². The third-order valence-electron chi connectivity index (χ3n) is 1.63. The Hall–Kier alpha value is -1.89. The van der Waals surface area contributed by atoms with Gasteiger partial charge in [0.25, 0.3) is 0 Å². The zero-order valence-corrected chi connectivity index (χ0v) is 9.19. The minimum absolute atomic E-state index is 0.874. The first-order chi connectivity index (χ1) is 7.29. The molecule has 0 bridgehead atoms. The Balaban J connectivity index is 4.92. The van der Waals surface area contributed by atoms with Gasteiger partial charge in [-0.25, -0.2) is 0 Å². The molecule has 0 aromatic heterocycles. The average Bonchev–Trinajstić information content (AvgIpc) is 2.27. The normalized spacial score (nSPS) is 13.4. The van der Waals surface area contributed by atoms with E-state index in [-0.39, 0.29) is 0 Å². The van der Waals surface area contributed by atoms with Gasteiger partial charge in [-0.15, -0.1) is 0 Å². The van der Waals surface area contributed by atoms with E-state index >= 15 is 0 Å². The fraction of sp³-hybridized carbons (Fsp3) is 0.0714. The van der Waals surface area contributed by atoms with E-state index < -0.39 is 0 Å².